The van der Waals surface area contributed by atoms with Gasteiger partial charge in [-0.3, -0.25) is 4.79 Å². The zero-order chi connectivity index (χ0) is 15.9. The van der Waals surface area contributed by atoms with Gasteiger partial charge in [-0.1, -0.05) is 18.2 Å². The summed E-state index contributed by atoms with van der Waals surface area (Å²) in [5, 5.41) is 8.75. The second-order valence-corrected chi connectivity index (χ2v) is 4.85. The molecule has 0 spiro atoms. The van der Waals surface area contributed by atoms with Gasteiger partial charge in [-0.05, 0) is 35.9 Å². The lowest BCUT2D eigenvalue weighted by Crippen LogP contribution is -2.17. The third-order valence-electron chi connectivity index (χ3n) is 3.41. The number of carbonyl (C=O) groups excluding carboxylic acids is 1. The summed E-state index contributed by atoms with van der Waals surface area (Å²) in [6, 6.07) is 9.10. The van der Waals surface area contributed by atoms with Crippen LogP contribution in [0.5, 0.6) is 0 Å². The summed E-state index contributed by atoms with van der Waals surface area (Å²) in [7, 11) is 3.17. The predicted molar refractivity (Wildman–Crippen MR) is 83.8 cm³/mol. The molecule has 1 unspecified atom stereocenters. The Kier molecular flexibility index (Phi) is 5.29. The summed E-state index contributed by atoms with van der Waals surface area (Å²) in [6.45, 7) is 0. The molecule has 4 nitrogen and oxygen atoms in total. The molecule has 1 aliphatic carbocycles. The summed E-state index contributed by atoms with van der Waals surface area (Å²) in [4.78, 5) is 12.3. The van der Waals surface area contributed by atoms with Crippen LogP contribution < -0.4 is 0 Å². The molecule has 4 heteroatoms. The van der Waals surface area contributed by atoms with Crippen molar-refractivity contribution in [1.29, 1.82) is 5.26 Å². The molecule has 1 aromatic rings. The Hall–Kier alpha value is -2.64. The van der Waals surface area contributed by atoms with E-state index in [-0.39, 0.29) is 11.9 Å². The van der Waals surface area contributed by atoms with Crippen LogP contribution in [0.2, 0.25) is 0 Å². The summed E-state index contributed by atoms with van der Waals surface area (Å²) in [5.41, 5.74) is 2.11. The number of nitriles is 1. The quantitative estimate of drug-likeness (QED) is 0.783. The van der Waals surface area contributed by atoms with Gasteiger partial charge < -0.3 is 9.47 Å². The fraction of sp³-hybridized carbons (Fsp3) is 0.222. The number of benzene rings is 1. The van der Waals surface area contributed by atoms with Crippen LogP contribution >= 0.6 is 0 Å². The van der Waals surface area contributed by atoms with Gasteiger partial charge in [0.05, 0.1) is 24.8 Å². The molecule has 1 aliphatic rings. The number of nitrogens with zero attached hydrogens (tertiary/aromatic N) is 1. The molecule has 22 heavy (non-hydrogen) atoms. The topological polar surface area (TPSA) is 59.3 Å². The van der Waals surface area contributed by atoms with Crippen molar-refractivity contribution in [2.75, 3.05) is 14.2 Å². The first-order chi connectivity index (χ1) is 10.7. The van der Waals surface area contributed by atoms with E-state index in [1.165, 1.54) is 6.08 Å². The van der Waals surface area contributed by atoms with Gasteiger partial charge in [-0.25, -0.2) is 0 Å². The Balaban J connectivity index is 2.11. The Morgan fingerprint density at radius 3 is 2.64 bits per heavy atom. The summed E-state index contributed by atoms with van der Waals surface area (Å²) in [6.07, 6.45) is 7.22. The molecule has 0 aliphatic heterocycles. The van der Waals surface area contributed by atoms with Crippen molar-refractivity contribution in [3.63, 3.8) is 0 Å². The molecule has 0 radical (unpaired) electrons. The molecule has 0 heterocycles. The molecule has 0 aromatic heterocycles. The van der Waals surface area contributed by atoms with Gasteiger partial charge in [-0.2, -0.15) is 5.26 Å². The highest BCUT2D eigenvalue weighted by Gasteiger charge is 2.18. The number of hydrogen-bond donors (Lipinski definition) is 0. The highest BCUT2D eigenvalue weighted by atomic mass is 16.5. The minimum atomic E-state index is -0.151. The zero-order valence-corrected chi connectivity index (χ0v) is 12.6. The van der Waals surface area contributed by atoms with Crippen molar-refractivity contribution in [2.24, 2.45) is 0 Å². The molecule has 1 aromatic carbocycles. The molecule has 0 amide bonds. The van der Waals surface area contributed by atoms with Crippen molar-refractivity contribution in [1.82, 2.24) is 0 Å². The number of allylic oxidation sites excluding steroid dienone is 2. The van der Waals surface area contributed by atoms with Crippen LogP contribution in [0.4, 0.5) is 0 Å². The molecule has 1 atom stereocenters. The van der Waals surface area contributed by atoms with Crippen LogP contribution in [-0.2, 0) is 14.3 Å². The molecular formula is C18H17NO3. The average Bonchev–Trinajstić information content (AvgIpc) is 2.59. The number of ketones is 1. The largest absolute Gasteiger partial charge is 0.497 e. The molecule has 0 saturated heterocycles. The Morgan fingerprint density at radius 1 is 1.32 bits per heavy atom. The van der Waals surface area contributed by atoms with E-state index in [0.29, 0.717) is 23.3 Å². The Labute approximate surface area is 130 Å². The second kappa shape index (κ2) is 7.39. The molecule has 0 fully saturated rings. The molecule has 0 N–H and O–H groups in total. The number of rotatable bonds is 5. The number of ether oxygens (including phenoxy) is 2. The van der Waals surface area contributed by atoms with Gasteiger partial charge in [0.25, 0.3) is 0 Å². The van der Waals surface area contributed by atoms with Gasteiger partial charge in [0.1, 0.15) is 5.76 Å². The maximum absolute atomic E-state index is 12.3. The van der Waals surface area contributed by atoms with Crippen LogP contribution in [0.3, 0.4) is 0 Å². The fourth-order valence-electron chi connectivity index (χ4n) is 2.14. The first kappa shape index (κ1) is 15.7. The van der Waals surface area contributed by atoms with E-state index in [1.54, 1.807) is 50.6 Å². The van der Waals surface area contributed by atoms with Gasteiger partial charge in [-0.15, -0.1) is 0 Å². The third-order valence-corrected chi connectivity index (χ3v) is 3.41. The number of hydrogen-bond acceptors (Lipinski definition) is 4. The Morgan fingerprint density at radius 2 is 2.05 bits per heavy atom. The fourth-order valence-corrected chi connectivity index (χ4v) is 2.14. The maximum atomic E-state index is 12.3. The van der Waals surface area contributed by atoms with Crippen molar-refractivity contribution in [3.8, 4) is 6.07 Å². The van der Waals surface area contributed by atoms with Gasteiger partial charge in [0, 0.05) is 19.1 Å². The zero-order valence-electron chi connectivity index (χ0n) is 12.6. The molecule has 0 bridgehead atoms. The predicted octanol–water partition coefficient (Wildman–Crippen LogP) is 3.02. The molecule has 2 rings (SSSR count). The SMILES string of the molecule is COC1=CC(OC)CC(C(=O)/C=C/c2ccc(C#N)cc2)=C1. The van der Waals surface area contributed by atoms with Crippen molar-refractivity contribution in [3.05, 3.63) is 65.0 Å². The number of methoxy groups -OCH3 is 2. The van der Waals surface area contributed by atoms with Crippen molar-refractivity contribution in [2.45, 2.75) is 12.5 Å². The number of carbonyl (C=O) groups is 1. The minimum absolute atomic E-state index is 0.0749. The first-order valence-corrected chi connectivity index (χ1v) is 6.88. The normalized spacial score (nSPS) is 17.6. The van der Waals surface area contributed by atoms with E-state index in [4.69, 9.17) is 14.7 Å². The van der Waals surface area contributed by atoms with E-state index >= 15 is 0 Å². The monoisotopic (exact) mass is 295 g/mol. The van der Waals surface area contributed by atoms with E-state index in [0.717, 1.165) is 5.56 Å². The van der Waals surface area contributed by atoms with Crippen LogP contribution in [0.25, 0.3) is 6.08 Å². The average molecular weight is 295 g/mol. The van der Waals surface area contributed by atoms with Crippen LogP contribution in [0.15, 0.2) is 53.8 Å². The van der Waals surface area contributed by atoms with Crippen LogP contribution in [0, 0.1) is 11.3 Å². The lowest BCUT2D eigenvalue weighted by Gasteiger charge is -2.18. The highest BCUT2D eigenvalue weighted by Crippen LogP contribution is 2.21. The summed E-state index contributed by atoms with van der Waals surface area (Å²) in [5.74, 6) is 0.558. The Bertz CT molecular complexity index is 675. The standard InChI is InChI=1S/C18H17NO3/c1-21-16-9-15(10-17(11-16)22-2)18(20)8-7-13-3-5-14(12-19)6-4-13/h3-9,11,17H,10H2,1-2H3/b8-7+. The van der Waals surface area contributed by atoms with Crippen molar-refractivity contribution < 1.29 is 14.3 Å². The molecule has 112 valence electrons. The van der Waals surface area contributed by atoms with E-state index in [9.17, 15) is 4.79 Å². The molecular weight excluding hydrogens is 278 g/mol. The van der Waals surface area contributed by atoms with Gasteiger partial charge in [0.15, 0.2) is 5.78 Å². The maximum Gasteiger partial charge on any atom is 0.182 e. The van der Waals surface area contributed by atoms with Gasteiger partial charge >= 0.3 is 0 Å². The van der Waals surface area contributed by atoms with Crippen LogP contribution in [0.1, 0.15) is 17.5 Å². The van der Waals surface area contributed by atoms with E-state index < -0.39 is 0 Å². The minimum Gasteiger partial charge on any atom is -0.497 e. The van der Waals surface area contributed by atoms with Gasteiger partial charge in [0.2, 0.25) is 0 Å². The van der Waals surface area contributed by atoms with E-state index in [2.05, 4.69) is 6.07 Å². The van der Waals surface area contributed by atoms with Crippen LogP contribution in [-0.4, -0.2) is 26.1 Å². The summed E-state index contributed by atoms with van der Waals surface area (Å²) < 4.78 is 10.5. The smallest absolute Gasteiger partial charge is 0.182 e. The lowest BCUT2D eigenvalue weighted by molar-refractivity contribution is -0.111. The lowest BCUT2D eigenvalue weighted by atomic mass is 9.97. The summed E-state index contributed by atoms with van der Waals surface area (Å²) >= 11 is 0. The van der Waals surface area contributed by atoms with E-state index in [1.807, 2.05) is 6.08 Å². The first-order valence-electron chi connectivity index (χ1n) is 6.88. The van der Waals surface area contributed by atoms with Crippen molar-refractivity contribution >= 4 is 11.9 Å². The highest BCUT2D eigenvalue weighted by molar-refractivity contribution is 6.06. The second-order valence-electron chi connectivity index (χ2n) is 4.85. The third kappa shape index (κ3) is 3.94. The molecule has 0 saturated carbocycles.